The summed E-state index contributed by atoms with van der Waals surface area (Å²) in [6.45, 7) is 0.505. The number of benzene rings is 2. The molecule has 2 aromatic carbocycles. The first-order valence-corrected chi connectivity index (χ1v) is 9.78. The normalized spacial score (nSPS) is 11.4. The molecule has 3 heteroatoms. The molecule has 142 valence electrons. The topological polar surface area (TPSA) is 64.2 Å². The molecular formula is C24H29NO2. The van der Waals surface area contributed by atoms with Gasteiger partial charge in [0.25, 0.3) is 0 Å². The average Bonchev–Trinajstić information content (AvgIpc) is 2.71. The largest absolute Gasteiger partial charge is 0.396 e. The Morgan fingerprint density at radius 3 is 1.81 bits per heavy atom. The van der Waals surface area contributed by atoms with Crippen molar-refractivity contribution in [1.82, 2.24) is 0 Å². The first-order valence-electron chi connectivity index (χ1n) is 9.78. The summed E-state index contributed by atoms with van der Waals surface area (Å²) in [7, 11) is 0. The molecule has 27 heavy (non-hydrogen) atoms. The molecule has 3 nitrogen and oxygen atoms in total. The molecule has 0 aromatic heterocycles. The summed E-state index contributed by atoms with van der Waals surface area (Å²) in [4.78, 5) is 0. The third kappa shape index (κ3) is 7.38. The molecule has 2 N–H and O–H groups in total. The number of nitrogens with zero attached hydrogens (tertiary/aromatic N) is 1. The van der Waals surface area contributed by atoms with Crippen LogP contribution in [0.2, 0.25) is 0 Å². The van der Waals surface area contributed by atoms with Gasteiger partial charge in [0.05, 0.1) is 11.6 Å². The molecular weight excluding hydrogens is 334 g/mol. The van der Waals surface area contributed by atoms with Crippen LogP contribution in [0.5, 0.6) is 0 Å². The molecule has 0 aliphatic carbocycles. The minimum Gasteiger partial charge on any atom is -0.396 e. The van der Waals surface area contributed by atoms with Crippen molar-refractivity contribution >= 4 is 11.6 Å². The van der Waals surface area contributed by atoms with Crippen molar-refractivity contribution in [1.29, 1.82) is 5.26 Å². The summed E-state index contributed by atoms with van der Waals surface area (Å²) in [6, 6.07) is 18.8. The van der Waals surface area contributed by atoms with Crippen molar-refractivity contribution in [2.75, 3.05) is 13.2 Å². The molecule has 0 spiro atoms. The van der Waals surface area contributed by atoms with Gasteiger partial charge in [-0.25, -0.2) is 0 Å². The van der Waals surface area contributed by atoms with E-state index in [1.54, 1.807) is 0 Å². The zero-order valence-corrected chi connectivity index (χ0v) is 15.9. The molecule has 2 rings (SSSR count). The number of hydrogen-bond donors (Lipinski definition) is 2. The number of nitriles is 1. The van der Waals surface area contributed by atoms with Gasteiger partial charge in [-0.3, -0.25) is 0 Å². The smallest absolute Gasteiger partial charge is 0.0998 e. The molecule has 0 bridgehead atoms. The van der Waals surface area contributed by atoms with E-state index in [2.05, 4.69) is 42.5 Å². The summed E-state index contributed by atoms with van der Waals surface area (Å²) in [5, 5.41) is 27.2. The quantitative estimate of drug-likeness (QED) is 0.343. The fraction of sp³-hybridized carbons (Fsp3) is 0.375. The second kappa shape index (κ2) is 12.1. The highest BCUT2D eigenvalue weighted by Crippen LogP contribution is 2.20. The number of rotatable bonds is 11. The van der Waals surface area contributed by atoms with Crippen LogP contribution < -0.4 is 0 Å². The minimum absolute atomic E-state index is 0.237. The zero-order chi connectivity index (χ0) is 19.3. The Balaban J connectivity index is 1.99. The number of allylic oxidation sites excluding steroid dienone is 1. The predicted octanol–water partition coefficient (Wildman–Crippen LogP) is 4.77. The minimum atomic E-state index is 0.237. The van der Waals surface area contributed by atoms with E-state index in [4.69, 9.17) is 10.2 Å². The van der Waals surface area contributed by atoms with Gasteiger partial charge < -0.3 is 10.2 Å². The summed E-state index contributed by atoms with van der Waals surface area (Å²) in [5.74, 6) is 0. The van der Waals surface area contributed by atoms with Gasteiger partial charge in [-0.05, 0) is 66.9 Å². The Morgan fingerprint density at radius 1 is 0.741 bits per heavy atom. The summed E-state index contributed by atoms with van der Waals surface area (Å²) >= 11 is 0. The van der Waals surface area contributed by atoms with Crippen LogP contribution in [-0.2, 0) is 12.8 Å². The molecule has 0 atom stereocenters. The van der Waals surface area contributed by atoms with Crippen molar-refractivity contribution in [2.45, 2.75) is 44.9 Å². The Hall–Kier alpha value is -2.41. The summed E-state index contributed by atoms with van der Waals surface area (Å²) < 4.78 is 0. The molecule has 0 amide bonds. The Morgan fingerprint density at radius 2 is 1.26 bits per heavy atom. The highest BCUT2D eigenvalue weighted by molar-refractivity contribution is 5.89. The van der Waals surface area contributed by atoms with Crippen molar-refractivity contribution in [3.63, 3.8) is 0 Å². The van der Waals surface area contributed by atoms with Crippen molar-refractivity contribution < 1.29 is 10.2 Å². The molecule has 0 saturated heterocycles. The third-order valence-corrected chi connectivity index (χ3v) is 4.67. The van der Waals surface area contributed by atoms with E-state index in [1.165, 1.54) is 11.1 Å². The predicted molar refractivity (Wildman–Crippen MR) is 111 cm³/mol. The fourth-order valence-corrected chi connectivity index (χ4v) is 3.04. The Labute approximate surface area is 162 Å². The summed E-state index contributed by atoms with van der Waals surface area (Å²) in [5.41, 5.74) is 5.13. The molecule has 0 radical (unpaired) electrons. The van der Waals surface area contributed by atoms with E-state index in [0.717, 1.165) is 56.1 Å². The molecule has 0 saturated carbocycles. The molecule has 2 aromatic rings. The fourth-order valence-electron chi connectivity index (χ4n) is 3.04. The Bertz CT molecular complexity index is 739. The van der Waals surface area contributed by atoms with E-state index < -0.39 is 0 Å². The number of aryl methyl sites for hydroxylation is 2. The third-order valence-electron chi connectivity index (χ3n) is 4.67. The molecule has 0 unspecified atom stereocenters. The SMILES string of the molecule is N#C/C(=C\c1ccc(CCCCCO)cc1)c1ccc(CCCCO)cc1. The van der Waals surface area contributed by atoms with Crippen LogP contribution >= 0.6 is 0 Å². The van der Waals surface area contributed by atoms with Crippen LogP contribution in [0.25, 0.3) is 11.6 Å². The van der Waals surface area contributed by atoms with Gasteiger partial charge >= 0.3 is 0 Å². The van der Waals surface area contributed by atoms with Gasteiger partial charge in [0.1, 0.15) is 0 Å². The van der Waals surface area contributed by atoms with Gasteiger partial charge in [0.2, 0.25) is 0 Å². The van der Waals surface area contributed by atoms with Crippen LogP contribution in [0.15, 0.2) is 48.5 Å². The van der Waals surface area contributed by atoms with Crippen LogP contribution in [0.4, 0.5) is 0 Å². The van der Waals surface area contributed by atoms with Crippen LogP contribution in [0.3, 0.4) is 0 Å². The first kappa shape index (κ1) is 20.9. The van der Waals surface area contributed by atoms with Crippen molar-refractivity contribution in [3.05, 3.63) is 70.8 Å². The number of unbranched alkanes of at least 4 members (excludes halogenated alkanes) is 3. The van der Waals surface area contributed by atoms with Gasteiger partial charge in [0.15, 0.2) is 0 Å². The molecule has 0 aliphatic heterocycles. The number of hydrogen-bond acceptors (Lipinski definition) is 3. The maximum absolute atomic E-state index is 9.54. The lowest BCUT2D eigenvalue weighted by molar-refractivity contribution is 0.283. The maximum Gasteiger partial charge on any atom is 0.0998 e. The lowest BCUT2D eigenvalue weighted by atomic mass is 9.99. The second-order valence-corrected chi connectivity index (χ2v) is 6.82. The zero-order valence-electron chi connectivity index (χ0n) is 15.9. The van der Waals surface area contributed by atoms with Crippen LogP contribution in [0.1, 0.15) is 54.4 Å². The van der Waals surface area contributed by atoms with Gasteiger partial charge in [0, 0.05) is 13.2 Å². The average molecular weight is 364 g/mol. The highest BCUT2D eigenvalue weighted by Gasteiger charge is 2.02. The monoisotopic (exact) mass is 363 g/mol. The first-order chi connectivity index (χ1) is 13.3. The number of aliphatic hydroxyl groups is 2. The highest BCUT2D eigenvalue weighted by atomic mass is 16.3. The molecule has 0 heterocycles. The lowest BCUT2D eigenvalue weighted by Crippen LogP contribution is -1.90. The van der Waals surface area contributed by atoms with Crippen LogP contribution in [-0.4, -0.2) is 23.4 Å². The number of aliphatic hydroxyl groups excluding tert-OH is 2. The maximum atomic E-state index is 9.54. The van der Waals surface area contributed by atoms with E-state index in [0.29, 0.717) is 5.57 Å². The van der Waals surface area contributed by atoms with Crippen molar-refractivity contribution in [3.8, 4) is 6.07 Å². The van der Waals surface area contributed by atoms with Crippen molar-refractivity contribution in [2.24, 2.45) is 0 Å². The second-order valence-electron chi connectivity index (χ2n) is 6.82. The van der Waals surface area contributed by atoms with E-state index in [9.17, 15) is 5.26 Å². The van der Waals surface area contributed by atoms with Gasteiger partial charge in [-0.2, -0.15) is 5.26 Å². The summed E-state index contributed by atoms with van der Waals surface area (Å²) in [6.07, 6.45) is 8.70. The van der Waals surface area contributed by atoms with E-state index in [1.807, 2.05) is 18.2 Å². The van der Waals surface area contributed by atoms with E-state index in [-0.39, 0.29) is 13.2 Å². The lowest BCUT2D eigenvalue weighted by Gasteiger charge is -2.05. The molecule has 0 aliphatic rings. The standard InChI is InChI=1S/C24H29NO2/c25-19-24(23-14-12-21(13-15-23)7-3-5-17-27)18-22-10-8-20(9-11-22)6-2-1-4-16-26/h8-15,18,26-27H,1-7,16-17H2/b24-18+. The van der Waals surface area contributed by atoms with Gasteiger partial charge in [-0.15, -0.1) is 0 Å². The van der Waals surface area contributed by atoms with Crippen LogP contribution in [0, 0.1) is 11.3 Å². The Kier molecular flexibility index (Phi) is 9.34. The van der Waals surface area contributed by atoms with E-state index >= 15 is 0 Å². The van der Waals surface area contributed by atoms with Gasteiger partial charge in [-0.1, -0.05) is 55.0 Å². The molecule has 0 fully saturated rings.